The van der Waals surface area contributed by atoms with Gasteiger partial charge in [0.2, 0.25) is 5.69 Å². The molecule has 0 saturated carbocycles. The van der Waals surface area contributed by atoms with Gasteiger partial charge in [-0.15, -0.1) is 0 Å². The molecular weight excluding hydrogens is 833 g/mol. The fourth-order valence-corrected chi connectivity index (χ4v) is 16.2. The maximum absolute atomic E-state index is 11.1. The van der Waals surface area contributed by atoms with Crippen LogP contribution in [0.5, 0.6) is 0 Å². The van der Waals surface area contributed by atoms with Gasteiger partial charge in [0, 0.05) is 22.4 Å². The lowest BCUT2D eigenvalue weighted by Gasteiger charge is -2.53. The van der Waals surface area contributed by atoms with E-state index >= 15 is 0 Å². The summed E-state index contributed by atoms with van der Waals surface area (Å²) in [4.78, 5) is 21.1. The summed E-state index contributed by atoms with van der Waals surface area (Å²) in [6.45, 7) is 8.67. The number of hydrogen-bond acceptors (Lipinski definition) is 5. The van der Waals surface area contributed by atoms with Gasteiger partial charge < -0.3 is 4.90 Å². The van der Waals surface area contributed by atoms with Gasteiger partial charge in [0.05, 0.1) is 35.0 Å². The van der Waals surface area contributed by atoms with Gasteiger partial charge in [0.25, 0.3) is 0 Å². The first kappa shape index (κ1) is 39.6. The molecule has 0 atom stereocenters. The summed E-state index contributed by atoms with van der Waals surface area (Å²) in [6, 6.07) is 83.5. The van der Waals surface area contributed by atoms with Crippen molar-refractivity contribution in [2.45, 2.75) is 5.41 Å². The van der Waals surface area contributed by atoms with Crippen molar-refractivity contribution in [2.24, 2.45) is 0 Å². The van der Waals surface area contributed by atoms with Gasteiger partial charge in [-0.1, -0.05) is 206 Å². The van der Waals surface area contributed by atoms with Crippen molar-refractivity contribution in [2.75, 3.05) is 4.90 Å². The topological polar surface area (TPSA) is 70.1 Å². The molecule has 9 aromatic carbocycles. The third kappa shape index (κ3) is 5.89. The van der Waals surface area contributed by atoms with Gasteiger partial charge in [-0.25, -0.2) is 19.8 Å². The molecular formula is C60H38N6Si. The van der Waals surface area contributed by atoms with E-state index in [1.165, 1.54) is 31.9 Å². The largest absolute Gasteiger partial charge is 0.311 e. The lowest BCUT2D eigenvalue weighted by molar-refractivity contribution is 0.736. The minimum Gasteiger partial charge on any atom is -0.311 e. The predicted molar refractivity (Wildman–Crippen MR) is 271 cm³/mol. The normalized spacial score (nSPS) is 13.6. The Morgan fingerprint density at radius 1 is 0.463 bits per heavy atom. The van der Waals surface area contributed by atoms with Crippen molar-refractivity contribution in [3.05, 3.63) is 270 Å². The van der Waals surface area contributed by atoms with Gasteiger partial charge in [0.15, 0.2) is 25.5 Å². The van der Waals surface area contributed by atoms with Crippen LogP contribution >= 0.6 is 0 Å². The molecule has 1 aromatic heterocycles. The summed E-state index contributed by atoms with van der Waals surface area (Å²) in [5.41, 5.74) is 9.14. The summed E-state index contributed by atoms with van der Waals surface area (Å²) < 4.78 is 0. The van der Waals surface area contributed by atoms with Crippen molar-refractivity contribution >= 4 is 51.6 Å². The van der Waals surface area contributed by atoms with Crippen molar-refractivity contribution in [3.63, 3.8) is 0 Å². The molecule has 0 radical (unpaired) electrons. The van der Waals surface area contributed by atoms with E-state index in [0.717, 1.165) is 33.6 Å². The van der Waals surface area contributed by atoms with E-state index in [1.54, 1.807) is 0 Å². The van der Waals surface area contributed by atoms with Crippen LogP contribution in [0.25, 0.3) is 39.0 Å². The molecule has 0 aliphatic carbocycles. The molecule has 7 heteroatoms. The fraction of sp³-hybridized carbons (Fsp3) is 0.0167. The molecule has 6 nitrogen and oxygen atoms in total. The van der Waals surface area contributed by atoms with E-state index in [1.807, 2.05) is 72.8 Å². The van der Waals surface area contributed by atoms with Crippen molar-refractivity contribution in [1.82, 2.24) is 15.0 Å². The minimum absolute atomic E-state index is 0.264. The minimum atomic E-state index is -2.92. The smallest absolute Gasteiger partial charge is 0.201 e. The maximum Gasteiger partial charge on any atom is 0.201 e. The molecule has 3 heterocycles. The molecule has 312 valence electrons. The Kier molecular flexibility index (Phi) is 9.39. The Morgan fingerprint density at radius 2 is 0.866 bits per heavy atom. The Balaban J connectivity index is 1.11. The van der Waals surface area contributed by atoms with E-state index in [0.29, 0.717) is 22.9 Å². The Bertz CT molecular complexity index is 3390. The standard InChI is InChI=1S/C60H38N6Si/c1-62-51-39-44(38-43(40-61)56(51)59-64-57(41-22-6-2-7-23-41)63-58(65-59)42-24-8-3-9-25-42)66-52-34-18-14-30-47(52)60(48-31-15-19-35-53(48)66)49-32-16-20-36-54(49)67(45-26-10-4-11-27-45,46-28-12-5-13-29-46)55-37-21-17-33-50(55)60/h2-39H. The summed E-state index contributed by atoms with van der Waals surface area (Å²) in [7, 11) is -2.92. The molecule has 0 unspecified atom stereocenters. The highest BCUT2D eigenvalue weighted by molar-refractivity contribution is 7.20. The predicted octanol–water partition coefficient (Wildman–Crippen LogP) is 11.2. The van der Waals surface area contributed by atoms with Gasteiger partial charge in [-0.2, -0.15) is 5.26 Å². The van der Waals surface area contributed by atoms with E-state index < -0.39 is 13.5 Å². The van der Waals surface area contributed by atoms with E-state index in [9.17, 15) is 5.26 Å². The summed E-state index contributed by atoms with van der Waals surface area (Å²) >= 11 is 0. The molecule has 67 heavy (non-hydrogen) atoms. The second-order valence-corrected chi connectivity index (χ2v) is 20.6. The number of para-hydroxylation sites is 2. The van der Waals surface area contributed by atoms with Crippen LogP contribution in [0.15, 0.2) is 231 Å². The summed E-state index contributed by atoms with van der Waals surface area (Å²) in [5.74, 6) is 1.18. The van der Waals surface area contributed by atoms with E-state index in [4.69, 9.17) is 21.5 Å². The molecule has 1 spiro atoms. The number of anilines is 3. The molecule has 12 rings (SSSR count). The first-order valence-corrected chi connectivity index (χ1v) is 24.3. The average molecular weight is 871 g/mol. The number of aromatic nitrogens is 3. The first-order valence-electron chi connectivity index (χ1n) is 22.3. The summed E-state index contributed by atoms with van der Waals surface area (Å²) in [5, 5.41) is 16.5. The number of fused-ring (bicyclic) bond motifs is 8. The molecule has 0 N–H and O–H groups in total. The van der Waals surface area contributed by atoms with Crippen LogP contribution in [0.2, 0.25) is 0 Å². The third-order valence-electron chi connectivity index (χ3n) is 13.5. The van der Waals surface area contributed by atoms with Crippen LogP contribution < -0.4 is 25.6 Å². The third-order valence-corrected chi connectivity index (χ3v) is 18.4. The van der Waals surface area contributed by atoms with Gasteiger partial charge in [-0.05, 0) is 67.3 Å². The number of rotatable bonds is 6. The van der Waals surface area contributed by atoms with E-state index in [2.05, 4.69) is 174 Å². The molecule has 0 saturated heterocycles. The van der Waals surface area contributed by atoms with Crippen LogP contribution in [-0.4, -0.2) is 23.0 Å². The maximum atomic E-state index is 11.1. The van der Waals surface area contributed by atoms with Crippen LogP contribution in [0.3, 0.4) is 0 Å². The van der Waals surface area contributed by atoms with Gasteiger partial charge >= 0.3 is 0 Å². The van der Waals surface area contributed by atoms with Crippen molar-refractivity contribution in [3.8, 4) is 40.2 Å². The Hall–Kier alpha value is -9.01. The quantitative estimate of drug-likeness (QED) is 0.123. The zero-order valence-corrected chi connectivity index (χ0v) is 37.1. The first-order chi connectivity index (χ1) is 33.2. The van der Waals surface area contributed by atoms with Crippen LogP contribution in [0.1, 0.15) is 27.8 Å². The zero-order chi connectivity index (χ0) is 45.0. The lowest BCUT2D eigenvalue weighted by atomic mass is 9.62. The lowest BCUT2D eigenvalue weighted by Crippen LogP contribution is -2.79. The number of nitrogens with zero attached hydrogens (tertiary/aromatic N) is 6. The van der Waals surface area contributed by atoms with Crippen LogP contribution in [0, 0.1) is 17.9 Å². The van der Waals surface area contributed by atoms with Crippen LogP contribution in [-0.2, 0) is 5.41 Å². The number of hydrogen-bond donors (Lipinski definition) is 0. The van der Waals surface area contributed by atoms with E-state index in [-0.39, 0.29) is 17.1 Å². The highest BCUT2D eigenvalue weighted by atomic mass is 28.3. The SMILES string of the molecule is [C-]#[N+]c1cc(N2c3ccccc3C3(c4ccccc42)c2ccccc2[Si](c2ccccc2)(c2ccccc2)c2ccccc23)cc(C#N)c1-c1nc(-c2ccccc2)nc(-c2ccccc2)n1. The second-order valence-electron chi connectivity index (χ2n) is 16.8. The monoisotopic (exact) mass is 870 g/mol. The van der Waals surface area contributed by atoms with Crippen molar-refractivity contribution < 1.29 is 0 Å². The molecule has 2 aliphatic heterocycles. The van der Waals surface area contributed by atoms with Gasteiger partial charge in [0.1, 0.15) is 0 Å². The number of nitriles is 1. The average Bonchev–Trinajstić information content (AvgIpc) is 3.41. The Labute approximate surface area is 390 Å². The zero-order valence-electron chi connectivity index (χ0n) is 36.1. The summed E-state index contributed by atoms with van der Waals surface area (Å²) in [6.07, 6.45) is 0. The molecule has 10 aromatic rings. The fourth-order valence-electron chi connectivity index (χ4n) is 10.9. The second kappa shape index (κ2) is 15.9. The number of benzene rings is 9. The molecule has 0 fully saturated rings. The highest BCUT2D eigenvalue weighted by Crippen LogP contribution is 2.59. The molecule has 0 bridgehead atoms. The van der Waals surface area contributed by atoms with Gasteiger partial charge in [-0.3, -0.25) is 0 Å². The molecule has 0 amide bonds. The molecule has 2 aliphatic rings. The van der Waals surface area contributed by atoms with Crippen molar-refractivity contribution in [1.29, 1.82) is 5.26 Å². The van der Waals surface area contributed by atoms with Crippen LogP contribution in [0.4, 0.5) is 22.7 Å². The Morgan fingerprint density at radius 3 is 1.33 bits per heavy atom. The highest BCUT2D eigenvalue weighted by Gasteiger charge is 2.57.